The van der Waals surface area contributed by atoms with E-state index in [9.17, 15) is 31.9 Å². The summed E-state index contributed by atoms with van der Waals surface area (Å²) in [7, 11) is 0. The lowest BCUT2D eigenvalue weighted by Crippen LogP contribution is -2.42. The zero-order valence-corrected chi connectivity index (χ0v) is 12.7. The number of carbonyl (C=O) groups excluding carboxylic acids is 3. The second kappa shape index (κ2) is 6.07. The predicted octanol–water partition coefficient (Wildman–Crippen LogP) is 1.47. The van der Waals surface area contributed by atoms with Crippen molar-refractivity contribution in [2.24, 2.45) is 5.73 Å². The molecule has 0 radical (unpaired) electrons. The fourth-order valence-corrected chi connectivity index (χ4v) is 1.90. The topological polar surface area (TPSA) is 108 Å². The van der Waals surface area contributed by atoms with Crippen molar-refractivity contribution >= 4 is 23.5 Å². The summed E-state index contributed by atoms with van der Waals surface area (Å²) in [5.74, 6) is -13.7. The number of hydrogen-bond acceptors (Lipinski definition) is 6. The van der Waals surface area contributed by atoms with Gasteiger partial charge in [0.25, 0.3) is 11.7 Å². The average Bonchev–Trinajstić information content (AvgIpc) is 2.46. The van der Waals surface area contributed by atoms with Gasteiger partial charge in [-0.05, 0) is 0 Å². The number of nitrogens with one attached hydrogen (secondary N) is 1. The second-order valence-corrected chi connectivity index (χ2v) is 5.25. The van der Waals surface area contributed by atoms with Crippen molar-refractivity contribution in [2.75, 3.05) is 5.32 Å². The molecule has 1 fully saturated rings. The number of halogens is 4. The Morgan fingerprint density at radius 2 is 1.44 bits per heavy atom. The minimum atomic E-state index is -2.04. The van der Waals surface area contributed by atoms with Gasteiger partial charge in [-0.2, -0.15) is 0 Å². The molecule has 0 bridgehead atoms. The van der Waals surface area contributed by atoms with Crippen LogP contribution in [0.2, 0.25) is 0 Å². The van der Waals surface area contributed by atoms with E-state index in [1.54, 1.807) is 5.32 Å². The molecule has 7 nitrogen and oxygen atoms in total. The molecule has 25 heavy (non-hydrogen) atoms. The van der Waals surface area contributed by atoms with E-state index in [0.29, 0.717) is 6.20 Å². The summed E-state index contributed by atoms with van der Waals surface area (Å²) in [5, 5.41) is 1.74. The van der Waals surface area contributed by atoms with Gasteiger partial charge in [-0.25, -0.2) is 27.2 Å². The predicted molar refractivity (Wildman–Crippen MR) is 72.8 cm³/mol. The smallest absolute Gasteiger partial charge is 0.350 e. The third-order valence-corrected chi connectivity index (χ3v) is 2.99. The van der Waals surface area contributed by atoms with Gasteiger partial charge in [0.2, 0.25) is 0 Å². The number of esters is 2. The maximum absolute atomic E-state index is 13.8. The van der Waals surface area contributed by atoms with Gasteiger partial charge in [-0.15, -0.1) is 0 Å². The van der Waals surface area contributed by atoms with E-state index >= 15 is 0 Å². The Bertz CT molecular complexity index is 784. The number of anilines is 1. The fourth-order valence-electron chi connectivity index (χ4n) is 1.90. The monoisotopic (exact) mass is 362 g/mol. The second-order valence-electron chi connectivity index (χ2n) is 5.25. The Balaban J connectivity index is 2.44. The molecule has 0 aliphatic carbocycles. The van der Waals surface area contributed by atoms with Gasteiger partial charge in [-0.3, -0.25) is 4.79 Å². The number of carbonyl (C=O) groups is 3. The Morgan fingerprint density at radius 1 is 1.00 bits per heavy atom. The Kier molecular flexibility index (Phi) is 4.43. The Hall–Kier alpha value is -3.11. The van der Waals surface area contributed by atoms with Crippen molar-refractivity contribution in [3.05, 3.63) is 40.6 Å². The number of ether oxygens (including phenoxy) is 2. The molecule has 134 valence electrons. The van der Waals surface area contributed by atoms with E-state index in [1.165, 1.54) is 13.8 Å². The summed E-state index contributed by atoms with van der Waals surface area (Å²) >= 11 is 0. The molecule has 1 aliphatic heterocycles. The molecule has 1 heterocycles. The summed E-state index contributed by atoms with van der Waals surface area (Å²) in [6.45, 7) is 2.53. The van der Waals surface area contributed by atoms with Gasteiger partial charge in [0, 0.05) is 20.0 Å². The minimum Gasteiger partial charge on any atom is -0.419 e. The lowest BCUT2D eigenvalue weighted by molar-refractivity contribution is -0.222. The molecule has 0 saturated carbocycles. The number of rotatable bonds is 3. The highest BCUT2D eigenvalue weighted by Crippen LogP contribution is 2.29. The van der Waals surface area contributed by atoms with Crippen LogP contribution in [0.3, 0.4) is 0 Å². The highest BCUT2D eigenvalue weighted by molar-refractivity contribution is 6.15. The van der Waals surface area contributed by atoms with Crippen molar-refractivity contribution in [3.63, 3.8) is 0 Å². The molecule has 0 atom stereocenters. The Morgan fingerprint density at radius 3 is 1.84 bits per heavy atom. The van der Waals surface area contributed by atoms with E-state index < -0.39 is 63.7 Å². The first-order chi connectivity index (χ1) is 11.5. The lowest BCUT2D eigenvalue weighted by atomic mass is 10.1. The first-order valence-electron chi connectivity index (χ1n) is 6.55. The molecule has 1 amide bonds. The first kappa shape index (κ1) is 18.2. The van der Waals surface area contributed by atoms with Crippen LogP contribution >= 0.6 is 0 Å². The van der Waals surface area contributed by atoms with Crippen LogP contribution in [-0.2, 0) is 19.1 Å². The van der Waals surface area contributed by atoms with Gasteiger partial charge < -0.3 is 20.5 Å². The van der Waals surface area contributed by atoms with Gasteiger partial charge in [0.15, 0.2) is 28.8 Å². The Labute approximate surface area is 137 Å². The molecule has 3 N–H and O–H groups in total. The van der Waals surface area contributed by atoms with Crippen LogP contribution in [-0.4, -0.2) is 23.6 Å². The van der Waals surface area contributed by atoms with Crippen molar-refractivity contribution in [3.8, 4) is 0 Å². The zero-order valence-electron chi connectivity index (χ0n) is 12.7. The number of benzene rings is 1. The van der Waals surface area contributed by atoms with Crippen molar-refractivity contribution in [1.29, 1.82) is 0 Å². The van der Waals surface area contributed by atoms with E-state index in [-0.39, 0.29) is 0 Å². The average molecular weight is 362 g/mol. The quantitative estimate of drug-likeness (QED) is 0.277. The third-order valence-electron chi connectivity index (χ3n) is 2.99. The van der Waals surface area contributed by atoms with Crippen LogP contribution in [0.4, 0.5) is 23.2 Å². The first-order valence-corrected chi connectivity index (χ1v) is 6.55. The van der Waals surface area contributed by atoms with Gasteiger partial charge in [0.1, 0.15) is 11.3 Å². The van der Waals surface area contributed by atoms with Crippen LogP contribution in [0.5, 0.6) is 0 Å². The fraction of sp³-hybridized carbons (Fsp3) is 0.214. The third kappa shape index (κ3) is 3.25. The maximum atomic E-state index is 13.8. The molecule has 11 heteroatoms. The van der Waals surface area contributed by atoms with Gasteiger partial charge in [0.05, 0.1) is 0 Å². The molecular weight excluding hydrogens is 352 g/mol. The molecule has 2 rings (SSSR count). The van der Waals surface area contributed by atoms with Crippen LogP contribution < -0.4 is 11.1 Å². The number of cyclic esters (lactones) is 2. The molecule has 1 saturated heterocycles. The SMILES string of the molecule is CC1(C)OC(=O)C(=CNc2c(F)c(F)c(C(N)=O)c(F)c2F)C(=O)O1. The summed E-state index contributed by atoms with van der Waals surface area (Å²) in [5.41, 5.74) is 0.846. The van der Waals surface area contributed by atoms with Crippen molar-refractivity contribution < 1.29 is 41.4 Å². The molecule has 1 aromatic carbocycles. The van der Waals surface area contributed by atoms with E-state index in [4.69, 9.17) is 9.47 Å². The summed E-state index contributed by atoms with van der Waals surface area (Å²) in [6.07, 6.45) is 0.449. The van der Waals surface area contributed by atoms with Crippen LogP contribution in [0.1, 0.15) is 24.2 Å². The van der Waals surface area contributed by atoms with Crippen molar-refractivity contribution in [2.45, 2.75) is 19.6 Å². The zero-order chi connectivity index (χ0) is 19.1. The molecule has 1 aromatic rings. The van der Waals surface area contributed by atoms with Crippen LogP contribution in [0, 0.1) is 23.3 Å². The molecule has 0 spiro atoms. The normalized spacial score (nSPS) is 16.2. The lowest BCUT2D eigenvalue weighted by Gasteiger charge is -2.29. The molecule has 0 aromatic heterocycles. The van der Waals surface area contributed by atoms with Crippen LogP contribution in [0.15, 0.2) is 11.8 Å². The van der Waals surface area contributed by atoms with Crippen LogP contribution in [0.25, 0.3) is 0 Å². The maximum Gasteiger partial charge on any atom is 0.350 e. The molecule has 0 unspecified atom stereocenters. The van der Waals surface area contributed by atoms with Crippen molar-refractivity contribution in [1.82, 2.24) is 0 Å². The highest BCUT2D eigenvalue weighted by atomic mass is 19.2. The number of primary amides is 1. The van der Waals surface area contributed by atoms with Gasteiger partial charge >= 0.3 is 11.9 Å². The molecular formula is C14H10F4N2O5. The number of nitrogens with two attached hydrogens (primary N) is 1. The highest BCUT2D eigenvalue weighted by Gasteiger charge is 2.39. The standard InChI is InChI=1S/C14H10F4N2O5/c1-14(2)24-12(22)4(13(23)25-14)3-20-10-8(17)6(15)5(11(19)21)7(16)9(10)18/h3,20H,1-2H3,(H2,19,21). The van der Waals surface area contributed by atoms with E-state index in [0.717, 1.165) is 0 Å². The summed E-state index contributed by atoms with van der Waals surface area (Å²) in [6, 6.07) is 0. The molecule has 1 aliphatic rings. The summed E-state index contributed by atoms with van der Waals surface area (Å²) < 4.78 is 64.4. The van der Waals surface area contributed by atoms with Gasteiger partial charge in [-0.1, -0.05) is 0 Å². The van der Waals surface area contributed by atoms with E-state index in [2.05, 4.69) is 5.73 Å². The van der Waals surface area contributed by atoms with E-state index in [1.807, 2.05) is 0 Å². The number of hydrogen-bond donors (Lipinski definition) is 2. The largest absolute Gasteiger partial charge is 0.419 e. The summed E-state index contributed by atoms with van der Waals surface area (Å²) in [4.78, 5) is 34.2. The number of amides is 1. The minimum absolute atomic E-state index is 0.449.